The number of Topliss-reactive ketones (excluding diaryl/α,β-unsaturated/α-hetero) is 1. The fourth-order valence-corrected chi connectivity index (χ4v) is 5.40. The number of thioether (sulfide) groups is 1. The Morgan fingerprint density at radius 3 is 2.82 bits per heavy atom. The number of benzene rings is 1. The lowest BCUT2D eigenvalue weighted by atomic mass is 9.89. The monoisotopic (exact) mass is 382 g/mol. The molecule has 3 rings (SSSR count). The second-order valence-corrected chi connectivity index (χ2v) is 8.62. The summed E-state index contributed by atoms with van der Waals surface area (Å²) in [4.78, 5) is 26.6. The molecule has 2 aliphatic heterocycles. The van der Waals surface area contributed by atoms with Crippen molar-refractivity contribution < 1.29 is 14.8 Å². The Morgan fingerprint density at radius 2 is 2.14 bits per heavy atom. The van der Waals surface area contributed by atoms with Crippen LogP contribution in [0.2, 0.25) is 0 Å². The van der Waals surface area contributed by atoms with Gasteiger partial charge in [0.25, 0.3) is 0 Å². The molecule has 22 heavy (non-hydrogen) atoms. The third-order valence-electron chi connectivity index (χ3n) is 4.05. The molecule has 2 aliphatic rings. The largest absolute Gasteiger partial charge is 0.411 e. The lowest BCUT2D eigenvalue weighted by molar-refractivity contribution is -0.141. The minimum Gasteiger partial charge on any atom is -0.411 e. The molecule has 3 atom stereocenters. The summed E-state index contributed by atoms with van der Waals surface area (Å²) in [6.45, 7) is 3.96. The van der Waals surface area contributed by atoms with Gasteiger partial charge in [-0.2, -0.15) is 0 Å². The van der Waals surface area contributed by atoms with Crippen LogP contribution in [0.4, 0.5) is 0 Å². The van der Waals surface area contributed by atoms with Gasteiger partial charge >= 0.3 is 0 Å². The molecule has 116 valence electrons. The van der Waals surface area contributed by atoms with Crippen LogP contribution >= 0.6 is 27.7 Å². The summed E-state index contributed by atoms with van der Waals surface area (Å²) >= 11 is 5.01. The number of hydrogen-bond donors (Lipinski definition) is 1. The van der Waals surface area contributed by atoms with Crippen LogP contribution in [0.5, 0.6) is 0 Å². The van der Waals surface area contributed by atoms with Gasteiger partial charge in [-0.25, -0.2) is 0 Å². The number of rotatable bonds is 3. The van der Waals surface area contributed by atoms with Gasteiger partial charge in [0, 0.05) is 15.9 Å². The van der Waals surface area contributed by atoms with E-state index >= 15 is 0 Å². The van der Waals surface area contributed by atoms with Crippen molar-refractivity contribution in [3.63, 3.8) is 0 Å². The van der Waals surface area contributed by atoms with Crippen molar-refractivity contribution in [3.05, 3.63) is 35.4 Å². The highest BCUT2D eigenvalue weighted by molar-refractivity contribution is 9.10. The molecule has 5 nitrogen and oxygen atoms in total. The van der Waals surface area contributed by atoms with Crippen LogP contribution in [0.3, 0.4) is 0 Å². The molecule has 1 amide bonds. The normalized spacial score (nSPS) is 29.5. The summed E-state index contributed by atoms with van der Waals surface area (Å²) < 4.78 is -0.372. The number of β-lactam (4-membered cyclic amide) rings is 1. The van der Waals surface area contributed by atoms with E-state index < -0.39 is 6.04 Å². The third kappa shape index (κ3) is 2.18. The number of alkyl halides is 1. The first-order valence-corrected chi connectivity index (χ1v) is 8.63. The van der Waals surface area contributed by atoms with Gasteiger partial charge in [-0.15, -0.1) is 11.8 Å². The maximum Gasteiger partial charge on any atom is 0.241 e. The first kappa shape index (κ1) is 15.6. The number of nitrogens with zero attached hydrogens (tertiary/aromatic N) is 2. The van der Waals surface area contributed by atoms with Gasteiger partial charge in [0.2, 0.25) is 5.91 Å². The molecule has 0 aliphatic carbocycles. The summed E-state index contributed by atoms with van der Waals surface area (Å²) in [6, 6.07) is 6.43. The molecule has 2 heterocycles. The highest BCUT2D eigenvalue weighted by atomic mass is 79.9. The average molecular weight is 383 g/mol. The Balaban J connectivity index is 2.00. The highest BCUT2D eigenvalue weighted by Gasteiger charge is 2.62. The van der Waals surface area contributed by atoms with E-state index in [1.54, 1.807) is 40.9 Å². The van der Waals surface area contributed by atoms with Crippen LogP contribution in [0.1, 0.15) is 29.8 Å². The van der Waals surface area contributed by atoms with Crippen LogP contribution in [0.25, 0.3) is 0 Å². The zero-order valence-corrected chi connectivity index (χ0v) is 14.5. The lowest BCUT2D eigenvalue weighted by Crippen LogP contribution is -2.63. The number of halogens is 1. The number of ketones is 1. The fourth-order valence-electron chi connectivity index (χ4n) is 3.04. The van der Waals surface area contributed by atoms with Gasteiger partial charge < -0.3 is 10.1 Å². The van der Waals surface area contributed by atoms with E-state index in [-0.39, 0.29) is 26.6 Å². The second kappa shape index (κ2) is 5.38. The van der Waals surface area contributed by atoms with Crippen molar-refractivity contribution in [2.24, 2.45) is 5.16 Å². The molecule has 2 saturated heterocycles. The van der Waals surface area contributed by atoms with Gasteiger partial charge in [0.1, 0.15) is 16.2 Å². The molecule has 0 aromatic heterocycles. The smallest absolute Gasteiger partial charge is 0.241 e. The molecule has 1 aromatic carbocycles. The Hall–Kier alpha value is -1.34. The van der Waals surface area contributed by atoms with E-state index in [0.29, 0.717) is 11.1 Å². The Labute approximate surface area is 140 Å². The lowest BCUT2D eigenvalue weighted by Gasteiger charge is -2.41. The first-order valence-electron chi connectivity index (χ1n) is 6.83. The van der Waals surface area contributed by atoms with Crippen molar-refractivity contribution in [2.45, 2.75) is 34.8 Å². The van der Waals surface area contributed by atoms with Crippen molar-refractivity contribution in [1.29, 1.82) is 0 Å². The molecule has 0 radical (unpaired) electrons. The van der Waals surface area contributed by atoms with E-state index in [1.807, 2.05) is 13.8 Å². The Kier molecular flexibility index (Phi) is 3.81. The van der Waals surface area contributed by atoms with Crippen LogP contribution in [0.15, 0.2) is 29.4 Å². The van der Waals surface area contributed by atoms with Gasteiger partial charge in [-0.1, -0.05) is 45.4 Å². The highest BCUT2D eigenvalue weighted by Crippen LogP contribution is 2.53. The standard InChI is InChI=1S/C15H15BrN2O3S/c1-15(2)12(18-13(20)10(16)14(18)22-15)11(19)9-6-4-3-5-8(9)7-17-21/h3-7,10,12,14,21H,1-2H3/b17-7+/t10-,12+,14-/m1/s1. The molecular formula is C15H15BrN2O3S. The zero-order chi connectivity index (χ0) is 16.1. The SMILES string of the molecule is CC1(C)S[C@@H]2[C@H](Br)C(=O)N2[C@H]1C(=O)c1ccccc1/C=N/O. The van der Waals surface area contributed by atoms with E-state index in [4.69, 9.17) is 5.21 Å². The van der Waals surface area contributed by atoms with E-state index in [0.717, 1.165) is 0 Å². The van der Waals surface area contributed by atoms with Crippen molar-refractivity contribution in [2.75, 3.05) is 0 Å². The first-order chi connectivity index (χ1) is 10.4. The summed E-state index contributed by atoms with van der Waals surface area (Å²) in [5.74, 6) is -0.169. The molecule has 0 spiro atoms. The summed E-state index contributed by atoms with van der Waals surface area (Å²) in [7, 11) is 0. The van der Waals surface area contributed by atoms with Gasteiger partial charge in [-0.3, -0.25) is 9.59 Å². The quantitative estimate of drug-likeness (QED) is 0.218. The number of carbonyl (C=O) groups excluding carboxylic acids is 2. The number of amides is 1. The van der Waals surface area contributed by atoms with Gasteiger partial charge in [-0.05, 0) is 13.8 Å². The molecule has 0 unspecified atom stereocenters. The number of carbonyl (C=O) groups is 2. The van der Waals surface area contributed by atoms with Crippen molar-refractivity contribution in [1.82, 2.24) is 4.90 Å². The molecule has 0 saturated carbocycles. The fraction of sp³-hybridized carbons (Fsp3) is 0.400. The maximum absolute atomic E-state index is 13.0. The van der Waals surface area contributed by atoms with Crippen LogP contribution in [-0.4, -0.2) is 49.0 Å². The molecule has 0 bridgehead atoms. The molecular weight excluding hydrogens is 368 g/mol. The van der Waals surface area contributed by atoms with Gasteiger partial charge in [0.15, 0.2) is 5.78 Å². The van der Waals surface area contributed by atoms with E-state index in [1.165, 1.54) is 6.21 Å². The van der Waals surface area contributed by atoms with Crippen molar-refractivity contribution >= 4 is 45.6 Å². The molecule has 1 N–H and O–H groups in total. The Bertz CT molecular complexity index is 677. The van der Waals surface area contributed by atoms with Crippen LogP contribution in [0, 0.1) is 0 Å². The minimum absolute atomic E-state index is 0.00452. The minimum atomic E-state index is -0.517. The topological polar surface area (TPSA) is 70.0 Å². The predicted molar refractivity (Wildman–Crippen MR) is 89.0 cm³/mol. The maximum atomic E-state index is 13.0. The number of hydrogen-bond acceptors (Lipinski definition) is 5. The van der Waals surface area contributed by atoms with E-state index in [9.17, 15) is 9.59 Å². The van der Waals surface area contributed by atoms with Crippen LogP contribution < -0.4 is 0 Å². The molecule has 1 aromatic rings. The predicted octanol–water partition coefficient (Wildman–Crippen LogP) is 2.50. The number of fused-ring (bicyclic) bond motifs is 1. The third-order valence-corrected chi connectivity index (χ3v) is 6.86. The van der Waals surface area contributed by atoms with Crippen LogP contribution in [-0.2, 0) is 4.79 Å². The van der Waals surface area contributed by atoms with Gasteiger partial charge in [0.05, 0.1) is 6.21 Å². The summed E-state index contributed by atoms with van der Waals surface area (Å²) in [5, 5.41) is 11.8. The summed E-state index contributed by atoms with van der Waals surface area (Å²) in [6.07, 6.45) is 1.24. The van der Waals surface area contributed by atoms with E-state index in [2.05, 4.69) is 21.1 Å². The number of oxime groups is 1. The zero-order valence-electron chi connectivity index (χ0n) is 12.1. The molecule has 2 fully saturated rings. The van der Waals surface area contributed by atoms with Crippen molar-refractivity contribution in [3.8, 4) is 0 Å². The molecule has 7 heteroatoms. The average Bonchev–Trinajstić information content (AvgIpc) is 2.76. The summed E-state index contributed by atoms with van der Waals surface area (Å²) in [5.41, 5.74) is 1.01. The Morgan fingerprint density at radius 1 is 1.45 bits per heavy atom. The second-order valence-electron chi connectivity index (χ2n) is 5.86.